The normalized spacial score (nSPS) is 33.1. The maximum absolute atomic E-state index is 11.4. The van der Waals surface area contributed by atoms with Crippen molar-refractivity contribution in [3.05, 3.63) is 0 Å². The SMILES string of the molecule is C[C@@H]1CN(C[C@H]2CCN(S(C)(=O)=O)C2)CCO1. The molecule has 0 aliphatic carbocycles. The molecule has 2 fully saturated rings. The Morgan fingerprint density at radius 1 is 1.29 bits per heavy atom. The highest BCUT2D eigenvalue weighted by Crippen LogP contribution is 2.20. The molecule has 100 valence electrons. The molecule has 0 unspecified atom stereocenters. The molecule has 0 N–H and O–H groups in total. The molecule has 2 aliphatic heterocycles. The zero-order valence-corrected chi connectivity index (χ0v) is 11.4. The predicted molar refractivity (Wildman–Crippen MR) is 66.4 cm³/mol. The Hall–Kier alpha value is -0.170. The van der Waals surface area contributed by atoms with E-state index >= 15 is 0 Å². The van der Waals surface area contributed by atoms with E-state index in [0.717, 1.165) is 32.7 Å². The van der Waals surface area contributed by atoms with E-state index in [1.807, 2.05) is 0 Å². The first-order valence-electron chi connectivity index (χ1n) is 6.24. The van der Waals surface area contributed by atoms with Crippen molar-refractivity contribution in [2.45, 2.75) is 19.4 Å². The summed E-state index contributed by atoms with van der Waals surface area (Å²) in [5.41, 5.74) is 0. The van der Waals surface area contributed by atoms with Gasteiger partial charge in [-0.2, -0.15) is 0 Å². The highest BCUT2D eigenvalue weighted by Gasteiger charge is 2.30. The third kappa shape index (κ3) is 3.64. The Morgan fingerprint density at radius 2 is 2.06 bits per heavy atom. The smallest absolute Gasteiger partial charge is 0.211 e. The second-order valence-corrected chi connectivity index (χ2v) is 7.20. The van der Waals surface area contributed by atoms with Crippen LogP contribution in [0, 0.1) is 5.92 Å². The van der Waals surface area contributed by atoms with E-state index in [1.54, 1.807) is 4.31 Å². The van der Waals surface area contributed by atoms with E-state index in [2.05, 4.69) is 11.8 Å². The van der Waals surface area contributed by atoms with Crippen LogP contribution in [0.2, 0.25) is 0 Å². The molecule has 0 aromatic heterocycles. The zero-order chi connectivity index (χ0) is 12.5. The average Bonchev–Trinajstić information content (AvgIpc) is 2.65. The van der Waals surface area contributed by atoms with E-state index in [1.165, 1.54) is 6.26 Å². The Kier molecular flexibility index (Phi) is 4.07. The molecule has 2 atom stereocenters. The number of nitrogens with zero attached hydrogens (tertiary/aromatic N) is 2. The van der Waals surface area contributed by atoms with Gasteiger partial charge in [-0.1, -0.05) is 0 Å². The van der Waals surface area contributed by atoms with Gasteiger partial charge in [0.2, 0.25) is 10.0 Å². The van der Waals surface area contributed by atoms with E-state index < -0.39 is 10.0 Å². The zero-order valence-electron chi connectivity index (χ0n) is 10.6. The van der Waals surface area contributed by atoms with Gasteiger partial charge in [0.25, 0.3) is 0 Å². The lowest BCUT2D eigenvalue weighted by Gasteiger charge is -2.32. The highest BCUT2D eigenvalue weighted by molar-refractivity contribution is 7.88. The molecule has 0 saturated carbocycles. The quantitative estimate of drug-likeness (QED) is 0.718. The summed E-state index contributed by atoms with van der Waals surface area (Å²) in [6, 6.07) is 0. The van der Waals surface area contributed by atoms with E-state index in [0.29, 0.717) is 25.1 Å². The number of sulfonamides is 1. The van der Waals surface area contributed by atoms with Gasteiger partial charge >= 0.3 is 0 Å². The van der Waals surface area contributed by atoms with Crippen LogP contribution in [0.25, 0.3) is 0 Å². The molecule has 0 amide bonds. The summed E-state index contributed by atoms with van der Waals surface area (Å²) in [6.45, 7) is 7.19. The fraction of sp³-hybridized carbons (Fsp3) is 1.00. The molecule has 2 aliphatic rings. The fourth-order valence-corrected chi connectivity index (χ4v) is 3.59. The molecule has 0 aromatic rings. The van der Waals surface area contributed by atoms with Crippen molar-refractivity contribution in [1.29, 1.82) is 0 Å². The fourth-order valence-electron chi connectivity index (χ4n) is 2.67. The number of hydrogen-bond donors (Lipinski definition) is 0. The number of ether oxygens (including phenoxy) is 1. The van der Waals surface area contributed by atoms with Gasteiger partial charge in [0.15, 0.2) is 0 Å². The summed E-state index contributed by atoms with van der Waals surface area (Å²) >= 11 is 0. The Morgan fingerprint density at radius 3 is 2.65 bits per heavy atom. The summed E-state index contributed by atoms with van der Waals surface area (Å²) in [5.74, 6) is 0.482. The number of rotatable bonds is 3. The minimum atomic E-state index is -3.00. The van der Waals surface area contributed by atoms with Crippen LogP contribution in [-0.2, 0) is 14.8 Å². The number of morpholine rings is 1. The third-order valence-corrected chi connectivity index (χ3v) is 4.83. The average molecular weight is 262 g/mol. The van der Waals surface area contributed by atoms with Crippen molar-refractivity contribution >= 4 is 10.0 Å². The second kappa shape index (κ2) is 5.22. The van der Waals surface area contributed by atoms with Gasteiger partial charge in [0.1, 0.15) is 0 Å². The second-order valence-electron chi connectivity index (χ2n) is 5.22. The van der Waals surface area contributed by atoms with E-state index in [9.17, 15) is 8.42 Å². The van der Waals surface area contributed by atoms with Gasteiger partial charge in [-0.3, -0.25) is 4.90 Å². The van der Waals surface area contributed by atoms with Gasteiger partial charge in [0.05, 0.1) is 19.0 Å². The van der Waals surface area contributed by atoms with Crippen LogP contribution >= 0.6 is 0 Å². The van der Waals surface area contributed by atoms with Gasteiger partial charge < -0.3 is 4.74 Å². The number of hydrogen-bond acceptors (Lipinski definition) is 4. The molecule has 0 aromatic carbocycles. The molecule has 0 bridgehead atoms. The van der Waals surface area contributed by atoms with Crippen molar-refractivity contribution < 1.29 is 13.2 Å². The standard InChI is InChI=1S/C11H22N2O3S/c1-10-7-12(5-6-16-10)8-11-3-4-13(9-11)17(2,14)15/h10-11H,3-9H2,1-2H3/t10-,11-/m1/s1. The molecule has 2 rings (SSSR count). The Balaban J connectivity index is 1.81. The van der Waals surface area contributed by atoms with Crippen LogP contribution in [0.4, 0.5) is 0 Å². The Labute approximate surface area is 104 Å². The molecule has 0 spiro atoms. The molecular weight excluding hydrogens is 240 g/mol. The highest BCUT2D eigenvalue weighted by atomic mass is 32.2. The molecular formula is C11H22N2O3S. The van der Waals surface area contributed by atoms with Crippen molar-refractivity contribution in [2.75, 3.05) is 45.6 Å². The monoisotopic (exact) mass is 262 g/mol. The largest absolute Gasteiger partial charge is 0.376 e. The lowest BCUT2D eigenvalue weighted by atomic mass is 10.1. The Bertz CT molecular complexity index is 358. The minimum Gasteiger partial charge on any atom is -0.376 e. The minimum absolute atomic E-state index is 0.302. The van der Waals surface area contributed by atoms with Crippen LogP contribution in [0.5, 0.6) is 0 Å². The molecule has 2 heterocycles. The van der Waals surface area contributed by atoms with Crippen molar-refractivity contribution in [1.82, 2.24) is 9.21 Å². The van der Waals surface area contributed by atoms with Gasteiger partial charge in [0, 0.05) is 32.7 Å². The summed E-state index contributed by atoms with van der Waals surface area (Å²) in [5, 5.41) is 0. The first kappa shape index (κ1) is 13.3. The van der Waals surface area contributed by atoms with Crippen LogP contribution in [0.15, 0.2) is 0 Å². The van der Waals surface area contributed by atoms with Crippen LogP contribution in [0.1, 0.15) is 13.3 Å². The molecule has 6 heteroatoms. The van der Waals surface area contributed by atoms with Crippen molar-refractivity contribution in [2.24, 2.45) is 5.92 Å². The van der Waals surface area contributed by atoms with Crippen LogP contribution in [-0.4, -0.2) is 69.3 Å². The predicted octanol–water partition coefficient (Wildman–Crippen LogP) is -0.0114. The first-order valence-corrected chi connectivity index (χ1v) is 8.09. The summed E-state index contributed by atoms with van der Waals surface area (Å²) in [7, 11) is -3.00. The van der Waals surface area contributed by atoms with Gasteiger partial charge in [-0.25, -0.2) is 12.7 Å². The van der Waals surface area contributed by atoms with Crippen molar-refractivity contribution in [3.8, 4) is 0 Å². The van der Waals surface area contributed by atoms with E-state index in [-0.39, 0.29) is 0 Å². The third-order valence-electron chi connectivity index (χ3n) is 3.56. The molecule has 5 nitrogen and oxygen atoms in total. The maximum atomic E-state index is 11.4. The van der Waals surface area contributed by atoms with Gasteiger partial charge in [-0.15, -0.1) is 0 Å². The van der Waals surface area contributed by atoms with Crippen LogP contribution < -0.4 is 0 Å². The molecule has 0 radical (unpaired) electrons. The lowest BCUT2D eigenvalue weighted by Crippen LogP contribution is -2.43. The summed E-state index contributed by atoms with van der Waals surface area (Å²) in [6.07, 6.45) is 2.58. The van der Waals surface area contributed by atoms with Crippen LogP contribution in [0.3, 0.4) is 0 Å². The molecule has 2 saturated heterocycles. The maximum Gasteiger partial charge on any atom is 0.211 e. The van der Waals surface area contributed by atoms with Crippen molar-refractivity contribution in [3.63, 3.8) is 0 Å². The van der Waals surface area contributed by atoms with Gasteiger partial charge in [-0.05, 0) is 19.3 Å². The summed E-state index contributed by atoms with van der Waals surface area (Å²) < 4.78 is 29.9. The summed E-state index contributed by atoms with van der Waals surface area (Å²) in [4.78, 5) is 2.39. The lowest BCUT2D eigenvalue weighted by molar-refractivity contribution is -0.0224. The van der Waals surface area contributed by atoms with E-state index in [4.69, 9.17) is 4.74 Å². The molecule has 17 heavy (non-hydrogen) atoms. The topological polar surface area (TPSA) is 49.9 Å². The first-order chi connectivity index (χ1) is 7.95.